The highest BCUT2D eigenvalue weighted by atomic mass is 35.5. The van der Waals surface area contributed by atoms with E-state index in [2.05, 4.69) is 19.9 Å². The highest BCUT2D eigenvalue weighted by molar-refractivity contribution is 6.30. The zero-order chi connectivity index (χ0) is 19.7. The minimum Gasteiger partial charge on any atom is -0.390 e. The Morgan fingerprint density at radius 1 is 1.00 bits per heavy atom. The lowest BCUT2D eigenvalue weighted by Crippen LogP contribution is -2.28. The number of rotatable bonds is 3. The third-order valence-electron chi connectivity index (χ3n) is 5.46. The Balaban J connectivity index is 0.000000142. The van der Waals surface area contributed by atoms with E-state index in [4.69, 9.17) is 11.6 Å². The summed E-state index contributed by atoms with van der Waals surface area (Å²) in [5.74, 6) is 0.354. The first-order valence-corrected chi connectivity index (χ1v) is 9.86. The van der Waals surface area contributed by atoms with Crippen molar-refractivity contribution in [1.82, 2.24) is 19.9 Å². The maximum atomic E-state index is 10.1. The van der Waals surface area contributed by atoms with Crippen molar-refractivity contribution >= 4 is 22.8 Å². The molecule has 0 radical (unpaired) electrons. The third-order valence-corrected chi connectivity index (χ3v) is 5.71. The fourth-order valence-electron chi connectivity index (χ4n) is 3.69. The van der Waals surface area contributed by atoms with Crippen LogP contribution in [-0.4, -0.2) is 47.5 Å². The lowest BCUT2D eigenvalue weighted by atomic mass is 9.92. The van der Waals surface area contributed by atoms with Gasteiger partial charge in [-0.15, -0.1) is 0 Å². The Morgan fingerprint density at radius 2 is 1.75 bits per heavy atom. The molecule has 4 unspecified atom stereocenters. The van der Waals surface area contributed by atoms with Crippen molar-refractivity contribution < 1.29 is 15.3 Å². The molecule has 0 amide bonds. The van der Waals surface area contributed by atoms with Crippen molar-refractivity contribution in [2.75, 3.05) is 0 Å². The van der Waals surface area contributed by atoms with Crippen LogP contribution in [0.2, 0.25) is 5.02 Å². The van der Waals surface area contributed by atoms with E-state index in [-0.39, 0.29) is 5.92 Å². The van der Waals surface area contributed by atoms with Gasteiger partial charge in [-0.3, -0.25) is 0 Å². The summed E-state index contributed by atoms with van der Waals surface area (Å²) in [6.45, 7) is 0. The Kier molecular flexibility index (Phi) is 5.59. The normalized spacial score (nSPS) is 25.4. The number of H-pyrrole nitrogens is 1. The number of aliphatic hydroxyl groups excluding tert-OH is 3. The zero-order valence-corrected chi connectivity index (χ0v) is 16.0. The molecule has 2 fully saturated rings. The summed E-state index contributed by atoms with van der Waals surface area (Å²) >= 11 is 5.76. The average molecular weight is 403 g/mol. The van der Waals surface area contributed by atoms with Crippen LogP contribution in [0.25, 0.3) is 11.2 Å². The van der Waals surface area contributed by atoms with Crippen LogP contribution >= 0.6 is 11.6 Å². The van der Waals surface area contributed by atoms with Crippen molar-refractivity contribution in [3.63, 3.8) is 0 Å². The van der Waals surface area contributed by atoms with Gasteiger partial charge in [-0.25, -0.2) is 15.0 Å². The molecule has 0 saturated heterocycles. The first kappa shape index (κ1) is 19.3. The van der Waals surface area contributed by atoms with E-state index in [1.54, 1.807) is 36.9 Å². The molecular formula is C20H23ClN4O3. The second kappa shape index (κ2) is 8.13. The Labute approximate surface area is 167 Å². The topological polar surface area (TPSA) is 115 Å². The molecule has 4 atom stereocenters. The van der Waals surface area contributed by atoms with Gasteiger partial charge < -0.3 is 20.3 Å². The summed E-state index contributed by atoms with van der Waals surface area (Å²) in [5, 5.41) is 29.8. The molecule has 5 rings (SSSR count). The van der Waals surface area contributed by atoms with Gasteiger partial charge in [0.2, 0.25) is 0 Å². The molecule has 1 aromatic carbocycles. The van der Waals surface area contributed by atoms with Crippen molar-refractivity contribution in [1.29, 1.82) is 0 Å². The van der Waals surface area contributed by atoms with Gasteiger partial charge in [-0.05, 0) is 43.4 Å². The van der Waals surface area contributed by atoms with Gasteiger partial charge in [0.1, 0.15) is 11.8 Å². The summed E-state index contributed by atoms with van der Waals surface area (Å²) in [4.78, 5) is 15.5. The van der Waals surface area contributed by atoms with E-state index in [0.717, 1.165) is 22.4 Å². The van der Waals surface area contributed by atoms with Crippen LogP contribution in [-0.2, 0) is 0 Å². The van der Waals surface area contributed by atoms with Crippen molar-refractivity contribution in [3.05, 3.63) is 53.2 Å². The first-order valence-electron chi connectivity index (χ1n) is 9.48. The molecule has 2 heterocycles. The number of nitrogens with zero attached hydrogens (tertiary/aromatic N) is 3. The molecule has 0 spiro atoms. The van der Waals surface area contributed by atoms with Crippen molar-refractivity contribution in [3.8, 4) is 0 Å². The average Bonchev–Trinajstić information content (AvgIpc) is 3.34. The maximum Gasteiger partial charge on any atom is 0.180 e. The summed E-state index contributed by atoms with van der Waals surface area (Å²) in [5.41, 5.74) is 3.66. The van der Waals surface area contributed by atoms with E-state index in [1.807, 2.05) is 0 Å². The lowest BCUT2D eigenvalue weighted by Gasteiger charge is -2.22. The molecule has 28 heavy (non-hydrogen) atoms. The van der Waals surface area contributed by atoms with Crippen LogP contribution in [0.1, 0.15) is 49.0 Å². The molecule has 7 nitrogen and oxygen atoms in total. The molecule has 3 aromatic rings. The number of nitrogens with one attached hydrogen (secondary N) is 1. The number of imidazole rings is 1. The Hall–Kier alpha value is -2.06. The third kappa shape index (κ3) is 4.03. The summed E-state index contributed by atoms with van der Waals surface area (Å²) in [6.07, 6.45) is 4.64. The van der Waals surface area contributed by atoms with Crippen LogP contribution in [0.5, 0.6) is 0 Å². The number of aromatic amines is 1. The Bertz CT molecular complexity index is 929. The van der Waals surface area contributed by atoms with Crippen LogP contribution in [0.4, 0.5) is 0 Å². The molecular weight excluding hydrogens is 380 g/mol. The first-order chi connectivity index (χ1) is 13.5. The smallest absolute Gasteiger partial charge is 0.180 e. The maximum absolute atomic E-state index is 10.1. The molecule has 148 valence electrons. The van der Waals surface area contributed by atoms with Gasteiger partial charge in [0.15, 0.2) is 5.65 Å². The van der Waals surface area contributed by atoms with Gasteiger partial charge in [0.25, 0.3) is 0 Å². The summed E-state index contributed by atoms with van der Waals surface area (Å²) < 4.78 is 0. The number of aliphatic hydroxyl groups is 3. The van der Waals surface area contributed by atoms with Gasteiger partial charge in [-0.2, -0.15) is 0 Å². The number of fused-ring (bicyclic) bond motifs is 1. The van der Waals surface area contributed by atoms with Crippen LogP contribution in [0, 0.1) is 5.92 Å². The van der Waals surface area contributed by atoms with Crippen LogP contribution in [0.3, 0.4) is 0 Å². The van der Waals surface area contributed by atoms with E-state index >= 15 is 0 Å². The SMILES string of the molecule is OC1CCC(C(O)c2ccc(Cl)cc2)C1O.c1nc(C2CC2)c2[nH]cnc2n1. The molecule has 0 aliphatic heterocycles. The number of hydrogen-bond acceptors (Lipinski definition) is 6. The second-order valence-electron chi connectivity index (χ2n) is 7.43. The monoisotopic (exact) mass is 402 g/mol. The fourth-order valence-corrected chi connectivity index (χ4v) is 3.82. The molecule has 4 N–H and O–H groups in total. The minimum atomic E-state index is -0.842. The quantitative estimate of drug-likeness (QED) is 0.535. The van der Waals surface area contributed by atoms with Crippen LogP contribution < -0.4 is 0 Å². The van der Waals surface area contributed by atoms with Crippen molar-refractivity contribution in [2.45, 2.75) is 49.9 Å². The molecule has 8 heteroatoms. The van der Waals surface area contributed by atoms with E-state index in [1.165, 1.54) is 12.8 Å². The molecule has 2 aliphatic rings. The largest absolute Gasteiger partial charge is 0.390 e. The predicted octanol–water partition coefficient (Wildman–Crippen LogP) is 2.74. The fraction of sp³-hybridized carbons (Fsp3) is 0.450. The van der Waals surface area contributed by atoms with Gasteiger partial charge in [0.05, 0.1) is 30.3 Å². The number of halogens is 1. The predicted molar refractivity (Wildman–Crippen MR) is 105 cm³/mol. The van der Waals surface area contributed by atoms with Gasteiger partial charge >= 0.3 is 0 Å². The Morgan fingerprint density at radius 3 is 2.39 bits per heavy atom. The lowest BCUT2D eigenvalue weighted by molar-refractivity contribution is -0.0210. The summed E-state index contributed by atoms with van der Waals surface area (Å²) in [6, 6.07) is 6.89. The molecule has 0 bridgehead atoms. The van der Waals surface area contributed by atoms with E-state index in [9.17, 15) is 15.3 Å². The van der Waals surface area contributed by atoms with Gasteiger partial charge in [0, 0.05) is 16.9 Å². The second-order valence-corrected chi connectivity index (χ2v) is 7.87. The standard InChI is InChI=1S/C12H15ClO3.C8H8N4/c13-8-3-1-7(2-4-8)11(15)9-5-6-10(14)12(9)16;1-2-5(1)6-7-8(11-3-9-6)12-4-10-7/h1-4,9-12,14-16H,5-6H2;3-5H,1-2H2,(H,9,10,11,12). The van der Waals surface area contributed by atoms with Crippen molar-refractivity contribution in [2.24, 2.45) is 5.92 Å². The van der Waals surface area contributed by atoms with E-state index in [0.29, 0.717) is 23.8 Å². The number of hydrogen-bond donors (Lipinski definition) is 4. The van der Waals surface area contributed by atoms with E-state index < -0.39 is 18.3 Å². The zero-order valence-electron chi connectivity index (χ0n) is 15.2. The summed E-state index contributed by atoms with van der Waals surface area (Å²) in [7, 11) is 0. The molecule has 2 saturated carbocycles. The van der Waals surface area contributed by atoms with Gasteiger partial charge in [-0.1, -0.05) is 23.7 Å². The molecule has 2 aliphatic carbocycles. The minimum absolute atomic E-state index is 0.295. The molecule has 2 aromatic heterocycles. The number of aromatic nitrogens is 4. The van der Waals surface area contributed by atoms with Crippen LogP contribution in [0.15, 0.2) is 36.9 Å². The highest BCUT2D eigenvalue weighted by Gasteiger charge is 2.38. The number of benzene rings is 1. The highest BCUT2D eigenvalue weighted by Crippen LogP contribution is 2.40.